The number of hydrogen-bond acceptors (Lipinski definition) is 2. The van der Waals surface area contributed by atoms with E-state index >= 15 is 0 Å². The lowest BCUT2D eigenvalue weighted by Gasteiger charge is -2.31. The molecule has 0 spiro atoms. The summed E-state index contributed by atoms with van der Waals surface area (Å²) in [5, 5.41) is 19.2. The molecule has 0 aromatic heterocycles. The summed E-state index contributed by atoms with van der Waals surface area (Å²) in [7, 11) is 0. The molecule has 0 amide bonds. The molecule has 2 rings (SSSR count). The van der Waals surface area contributed by atoms with Gasteiger partial charge in [-0.2, -0.15) is 0 Å². The molecule has 1 aliphatic carbocycles. The van der Waals surface area contributed by atoms with Crippen molar-refractivity contribution >= 4 is 5.97 Å². The van der Waals surface area contributed by atoms with Crippen LogP contribution in [0, 0.1) is 6.92 Å². The topological polar surface area (TPSA) is 57.5 Å². The van der Waals surface area contributed by atoms with Crippen molar-refractivity contribution in [1.82, 2.24) is 0 Å². The molecule has 1 aromatic carbocycles. The molecule has 1 aliphatic rings. The van der Waals surface area contributed by atoms with Crippen molar-refractivity contribution in [3.8, 4) is 0 Å². The minimum atomic E-state index is -1.68. The Morgan fingerprint density at radius 3 is 2.87 bits per heavy atom. The van der Waals surface area contributed by atoms with Crippen molar-refractivity contribution in [3.05, 3.63) is 34.9 Å². The van der Waals surface area contributed by atoms with E-state index in [0.717, 1.165) is 24.0 Å². The van der Waals surface area contributed by atoms with E-state index in [-0.39, 0.29) is 0 Å². The number of carboxylic acids is 1. The molecular weight excluding hydrogens is 192 g/mol. The molecule has 1 unspecified atom stereocenters. The zero-order valence-corrected chi connectivity index (χ0v) is 8.66. The van der Waals surface area contributed by atoms with E-state index in [2.05, 4.69) is 0 Å². The summed E-state index contributed by atoms with van der Waals surface area (Å²) in [4.78, 5) is 11.1. The van der Waals surface area contributed by atoms with Crippen molar-refractivity contribution < 1.29 is 15.0 Å². The molecule has 80 valence electrons. The first-order valence-corrected chi connectivity index (χ1v) is 5.10. The van der Waals surface area contributed by atoms with E-state index in [1.807, 2.05) is 13.0 Å². The fourth-order valence-electron chi connectivity index (χ4n) is 2.30. The second-order valence-corrected chi connectivity index (χ2v) is 4.12. The zero-order valence-electron chi connectivity index (χ0n) is 8.66. The number of fused-ring (bicyclic) bond motifs is 1. The van der Waals surface area contributed by atoms with Gasteiger partial charge in [-0.1, -0.05) is 18.2 Å². The Labute approximate surface area is 88.4 Å². The van der Waals surface area contributed by atoms with Crippen LogP contribution in [0.5, 0.6) is 0 Å². The van der Waals surface area contributed by atoms with E-state index in [1.165, 1.54) is 0 Å². The normalized spacial score (nSPS) is 24.7. The molecule has 2 N–H and O–H groups in total. The molecule has 0 saturated heterocycles. The third-order valence-electron chi connectivity index (χ3n) is 3.17. The molecule has 15 heavy (non-hydrogen) atoms. The van der Waals surface area contributed by atoms with Crippen LogP contribution in [0.25, 0.3) is 0 Å². The maximum atomic E-state index is 11.1. The van der Waals surface area contributed by atoms with Crippen LogP contribution in [-0.2, 0) is 16.8 Å². The average molecular weight is 206 g/mol. The summed E-state index contributed by atoms with van der Waals surface area (Å²) in [6, 6.07) is 5.47. The van der Waals surface area contributed by atoms with Gasteiger partial charge in [-0.05, 0) is 42.9 Å². The van der Waals surface area contributed by atoms with Gasteiger partial charge in [0.05, 0.1) is 0 Å². The maximum absolute atomic E-state index is 11.1. The SMILES string of the molecule is Cc1cccc2c1CCCC2(O)C(=O)O. The van der Waals surface area contributed by atoms with Gasteiger partial charge in [0.2, 0.25) is 0 Å². The number of carboxylic acid groups (broad SMARTS) is 1. The Balaban J connectivity index is 2.61. The lowest BCUT2D eigenvalue weighted by atomic mass is 9.77. The van der Waals surface area contributed by atoms with Crippen molar-refractivity contribution in [1.29, 1.82) is 0 Å². The van der Waals surface area contributed by atoms with Gasteiger partial charge < -0.3 is 10.2 Å². The van der Waals surface area contributed by atoms with E-state index in [9.17, 15) is 9.90 Å². The Morgan fingerprint density at radius 1 is 1.47 bits per heavy atom. The molecule has 1 atom stereocenters. The summed E-state index contributed by atoms with van der Waals surface area (Å²) in [6.07, 6.45) is 1.89. The van der Waals surface area contributed by atoms with Crippen LogP contribution < -0.4 is 0 Å². The standard InChI is InChI=1S/C12H14O3/c1-8-4-2-6-10-9(8)5-3-7-12(10,15)11(13)14/h2,4,6,15H,3,5,7H2,1H3,(H,13,14). The quantitative estimate of drug-likeness (QED) is 0.733. The number of carbonyl (C=O) groups is 1. The second kappa shape index (κ2) is 3.35. The van der Waals surface area contributed by atoms with Crippen LogP contribution in [0.15, 0.2) is 18.2 Å². The van der Waals surface area contributed by atoms with Crippen molar-refractivity contribution in [2.24, 2.45) is 0 Å². The number of rotatable bonds is 1. The average Bonchev–Trinajstić information content (AvgIpc) is 2.20. The smallest absolute Gasteiger partial charge is 0.340 e. The first-order chi connectivity index (χ1) is 7.05. The predicted octanol–water partition coefficient (Wildman–Crippen LogP) is 1.60. The Hall–Kier alpha value is -1.35. The molecular formula is C12H14O3. The highest BCUT2D eigenvalue weighted by atomic mass is 16.4. The van der Waals surface area contributed by atoms with E-state index < -0.39 is 11.6 Å². The van der Waals surface area contributed by atoms with Gasteiger partial charge in [-0.15, -0.1) is 0 Å². The van der Waals surface area contributed by atoms with Crippen molar-refractivity contribution in [2.75, 3.05) is 0 Å². The van der Waals surface area contributed by atoms with Crippen molar-refractivity contribution in [3.63, 3.8) is 0 Å². The van der Waals surface area contributed by atoms with Crippen LogP contribution in [0.4, 0.5) is 0 Å². The predicted molar refractivity (Wildman–Crippen MR) is 55.6 cm³/mol. The van der Waals surface area contributed by atoms with Crippen LogP contribution in [0.1, 0.15) is 29.5 Å². The van der Waals surface area contributed by atoms with Crippen LogP contribution in [0.2, 0.25) is 0 Å². The number of aryl methyl sites for hydroxylation is 1. The number of aliphatic carboxylic acids is 1. The number of hydrogen-bond donors (Lipinski definition) is 2. The molecule has 0 radical (unpaired) electrons. The van der Waals surface area contributed by atoms with Gasteiger partial charge in [0.25, 0.3) is 0 Å². The molecule has 0 aliphatic heterocycles. The molecule has 0 bridgehead atoms. The van der Waals surface area contributed by atoms with Gasteiger partial charge in [-0.3, -0.25) is 0 Å². The minimum absolute atomic E-state index is 0.304. The first kappa shape index (κ1) is 10.2. The van der Waals surface area contributed by atoms with Crippen LogP contribution in [-0.4, -0.2) is 16.2 Å². The molecule has 0 fully saturated rings. The third-order valence-corrected chi connectivity index (χ3v) is 3.17. The Kier molecular flexibility index (Phi) is 2.27. The van der Waals surface area contributed by atoms with Crippen molar-refractivity contribution in [2.45, 2.75) is 31.8 Å². The fraction of sp³-hybridized carbons (Fsp3) is 0.417. The van der Waals surface area contributed by atoms with Gasteiger partial charge in [0, 0.05) is 0 Å². The summed E-state index contributed by atoms with van der Waals surface area (Å²) in [6.45, 7) is 1.95. The van der Waals surface area contributed by atoms with Gasteiger partial charge in [-0.25, -0.2) is 4.79 Å². The number of aliphatic hydroxyl groups is 1. The lowest BCUT2D eigenvalue weighted by Crippen LogP contribution is -2.39. The van der Waals surface area contributed by atoms with E-state index in [4.69, 9.17) is 5.11 Å². The molecule has 3 nitrogen and oxygen atoms in total. The van der Waals surface area contributed by atoms with Gasteiger partial charge in [0.1, 0.15) is 0 Å². The maximum Gasteiger partial charge on any atom is 0.340 e. The fourth-order valence-corrected chi connectivity index (χ4v) is 2.30. The van der Waals surface area contributed by atoms with Crippen LogP contribution in [0.3, 0.4) is 0 Å². The molecule has 0 saturated carbocycles. The minimum Gasteiger partial charge on any atom is -0.479 e. The summed E-state index contributed by atoms with van der Waals surface area (Å²) in [5.41, 5.74) is 0.946. The molecule has 1 aromatic rings. The summed E-state index contributed by atoms with van der Waals surface area (Å²) >= 11 is 0. The lowest BCUT2D eigenvalue weighted by molar-refractivity contribution is -0.161. The third kappa shape index (κ3) is 1.43. The van der Waals surface area contributed by atoms with E-state index in [1.54, 1.807) is 12.1 Å². The first-order valence-electron chi connectivity index (χ1n) is 5.10. The van der Waals surface area contributed by atoms with E-state index in [0.29, 0.717) is 12.0 Å². The zero-order chi connectivity index (χ0) is 11.1. The molecule has 3 heteroatoms. The van der Waals surface area contributed by atoms with Crippen LogP contribution >= 0.6 is 0 Å². The second-order valence-electron chi connectivity index (χ2n) is 4.12. The number of benzene rings is 1. The Morgan fingerprint density at radius 2 is 2.20 bits per heavy atom. The summed E-state index contributed by atoms with van der Waals surface area (Å²) in [5.74, 6) is -1.14. The Bertz CT molecular complexity index is 411. The monoisotopic (exact) mass is 206 g/mol. The highest BCUT2D eigenvalue weighted by molar-refractivity contribution is 5.80. The highest BCUT2D eigenvalue weighted by Gasteiger charge is 2.41. The highest BCUT2D eigenvalue weighted by Crippen LogP contribution is 2.36. The van der Waals surface area contributed by atoms with Gasteiger partial charge >= 0.3 is 5.97 Å². The largest absolute Gasteiger partial charge is 0.479 e. The summed E-state index contributed by atoms with van der Waals surface area (Å²) < 4.78 is 0. The van der Waals surface area contributed by atoms with Gasteiger partial charge in [0.15, 0.2) is 5.60 Å². The molecule has 0 heterocycles.